The second kappa shape index (κ2) is 5.79. The molecule has 4 nitrogen and oxygen atoms in total. The highest BCUT2D eigenvalue weighted by Crippen LogP contribution is 2.30. The van der Waals surface area contributed by atoms with Crippen LogP contribution in [-0.4, -0.2) is 22.9 Å². The van der Waals surface area contributed by atoms with Crippen molar-refractivity contribution in [2.75, 3.05) is 18.0 Å². The summed E-state index contributed by atoms with van der Waals surface area (Å²) in [6.07, 6.45) is 6.19. The van der Waals surface area contributed by atoms with E-state index >= 15 is 0 Å². The number of rotatable bonds is 3. The minimum Gasteiger partial charge on any atom is -0.370 e. The topological polar surface area (TPSA) is 44.9 Å². The van der Waals surface area contributed by atoms with Gasteiger partial charge in [-0.05, 0) is 42.5 Å². The van der Waals surface area contributed by atoms with Crippen LogP contribution in [0.5, 0.6) is 0 Å². The fourth-order valence-electron chi connectivity index (χ4n) is 3.00. The molecule has 21 heavy (non-hydrogen) atoms. The van der Waals surface area contributed by atoms with Crippen molar-refractivity contribution in [2.45, 2.75) is 12.8 Å². The van der Waals surface area contributed by atoms with Gasteiger partial charge in [0.2, 0.25) is 0 Å². The molecular formula is C16H17ClN4. The van der Waals surface area contributed by atoms with Gasteiger partial charge in [0.25, 0.3) is 0 Å². The van der Waals surface area contributed by atoms with Gasteiger partial charge in [-0.3, -0.25) is 4.68 Å². The zero-order valence-electron chi connectivity index (χ0n) is 12.0. The van der Waals surface area contributed by atoms with Crippen molar-refractivity contribution in [1.82, 2.24) is 9.78 Å². The summed E-state index contributed by atoms with van der Waals surface area (Å²) in [5, 5.41) is 14.1. The van der Waals surface area contributed by atoms with Crippen molar-refractivity contribution in [2.24, 2.45) is 13.0 Å². The lowest BCUT2D eigenvalue weighted by Gasteiger charge is -2.20. The average molecular weight is 301 g/mol. The maximum absolute atomic E-state index is 9.26. The van der Waals surface area contributed by atoms with E-state index in [4.69, 9.17) is 11.6 Å². The largest absolute Gasteiger partial charge is 0.370 e. The number of aryl methyl sites for hydroxylation is 1. The molecule has 2 aromatic rings. The quantitative estimate of drug-likeness (QED) is 0.875. The van der Waals surface area contributed by atoms with E-state index in [0.29, 0.717) is 16.5 Å². The molecule has 0 saturated carbocycles. The molecule has 0 amide bonds. The van der Waals surface area contributed by atoms with Crippen LogP contribution in [0.25, 0.3) is 0 Å². The van der Waals surface area contributed by atoms with E-state index in [9.17, 15) is 5.26 Å². The number of hydrogen-bond acceptors (Lipinski definition) is 3. The highest BCUT2D eigenvalue weighted by molar-refractivity contribution is 6.30. The molecular weight excluding hydrogens is 284 g/mol. The molecule has 1 aromatic heterocycles. The van der Waals surface area contributed by atoms with E-state index < -0.39 is 0 Å². The predicted molar refractivity (Wildman–Crippen MR) is 83.4 cm³/mol. The van der Waals surface area contributed by atoms with Crippen molar-refractivity contribution < 1.29 is 0 Å². The standard InChI is InChI=1S/C16H17ClN4/c1-20-10-13(9-19-20)6-12-4-5-21(11-12)16-3-2-15(17)7-14(16)8-18/h2-3,7,9-10,12H,4-6,11H2,1H3. The zero-order valence-corrected chi connectivity index (χ0v) is 12.7. The molecule has 1 aliphatic rings. The molecule has 108 valence electrons. The van der Waals surface area contributed by atoms with Crippen molar-refractivity contribution in [3.05, 3.63) is 46.7 Å². The molecule has 5 heteroatoms. The summed E-state index contributed by atoms with van der Waals surface area (Å²) in [6.45, 7) is 1.96. The first-order valence-corrected chi connectivity index (χ1v) is 7.45. The molecule has 1 unspecified atom stereocenters. The molecule has 3 rings (SSSR count). The number of nitrogens with zero attached hydrogens (tertiary/aromatic N) is 4. The number of nitriles is 1. The summed E-state index contributed by atoms with van der Waals surface area (Å²) >= 11 is 5.96. The van der Waals surface area contributed by atoms with Crippen molar-refractivity contribution in [1.29, 1.82) is 5.26 Å². The van der Waals surface area contributed by atoms with Crippen molar-refractivity contribution in [3.8, 4) is 6.07 Å². The molecule has 1 fully saturated rings. The second-order valence-electron chi connectivity index (χ2n) is 5.60. The Hall–Kier alpha value is -1.99. The van der Waals surface area contributed by atoms with E-state index in [1.54, 1.807) is 6.07 Å². The van der Waals surface area contributed by atoms with Crippen LogP contribution < -0.4 is 4.90 Å². The Balaban J connectivity index is 1.71. The second-order valence-corrected chi connectivity index (χ2v) is 6.04. The van der Waals surface area contributed by atoms with Gasteiger partial charge in [-0.1, -0.05) is 11.6 Å². The maximum Gasteiger partial charge on any atom is 0.101 e. The summed E-state index contributed by atoms with van der Waals surface area (Å²) in [5.74, 6) is 0.608. The molecule has 0 bridgehead atoms. The lowest BCUT2D eigenvalue weighted by molar-refractivity contribution is 0.586. The van der Waals surface area contributed by atoms with Crippen LogP contribution in [0.1, 0.15) is 17.5 Å². The molecule has 0 radical (unpaired) electrons. The molecule has 0 spiro atoms. The van der Waals surface area contributed by atoms with Gasteiger partial charge in [0.05, 0.1) is 17.4 Å². The van der Waals surface area contributed by atoms with E-state index in [1.165, 1.54) is 5.56 Å². The minimum absolute atomic E-state index is 0.608. The summed E-state index contributed by atoms with van der Waals surface area (Å²) in [4.78, 5) is 2.29. The van der Waals surface area contributed by atoms with Crippen LogP contribution in [0.3, 0.4) is 0 Å². The van der Waals surface area contributed by atoms with Gasteiger partial charge in [-0.2, -0.15) is 10.4 Å². The van der Waals surface area contributed by atoms with Gasteiger partial charge in [0.1, 0.15) is 6.07 Å². The summed E-state index contributed by atoms with van der Waals surface area (Å²) in [6, 6.07) is 7.79. The minimum atomic E-state index is 0.608. The SMILES string of the molecule is Cn1cc(CC2CCN(c3ccc(Cl)cc3C#N)C2)cn1. The summed E-state index contributed by atoms with van der Waals surface area (Å²) in [7, 11) is 1.94. The van der Waals surface area contributed by atoms with Crippen LogP contribution in [0, 0.1) is 17.2 Å². The van der Waals surface area contributed by atoms with Crippen LogP contribution >= 0.6 is 11.6 Å². The van der Waals surface area contributed by atoms with E-state index in [2.05, 4.69) is 22.3 Å². The van der Waals surface area contributed by atoms with E-state index in [0.717, 1.165) is 31.6 Å². The Morgan fingerprint density at radius 1 is 1.48 bits per heavy atom. The molecule has 1 saturated heterocycles. The first-order chi connectivity index (χ1) is 10.2. The first-order valence-electron chi connectivity index (χ1n) is 7.08. The van der Waals surface area contributed by atoms with Gasteiger partial charge in [0, 0.05) is 31.4 Å². The van der Waals surface area contributed by atoms with Gasteiger partial charge in [-0.25, -0.2) is 0 Å². The fourth-order valence-corrected chi connectivity index (χ4v) is 3.17. The highest BCUT2D eigenvalue weighted by atomic mass is 35.5. The monoisotopic (exact) mass is 300 g/mol. The third kappa shape index (κ3) is 3.03. The van der Waals surface area contributed by atoms with Crippen LogP contribution in [0.2, 0.25) is 5.02 Å². The molecule has 0 aliphatic carbocycles. The predicted octanol–water partition coefficient (Wildman–Crippen LogP) is 3.01. The molecule has 0 N–H and O–H groups in total. The lowest BCUT2D eigenvalue weighted by Crippen LogP contribution is -2.21. The van der Waals surface area contributed by atoms with Crippen molar-refractivity contribution in [3.63, 3.8) is 0 Å². The first kappa shape index (κ1) is 14.0. The Bertz CT molecular complexity index is 686. The number of halogens is 1. The zero-order chi connectivity index (χ0) is 14.8. The highest BCUT2D eigenvalue weighted by Gasteiger charge is 2.24. The Morgan fingerprint density at radius 3 is 3.05 bits per heavy atom. The number of anilines is 1. The Kier molecular flexibility index (Phi) is 3.85. The van der Waals surface area contributed by atoms with Crippen LogP contribution in [-0.2, 0) is 13.5 Å². The van der Waals surface area contributed by atoms with E-state index in [-0.39, 0.29) is 0 Å². The molecule has 1 aliphatic heterocycles. The molecule has 2 heterocycles. The summed E-state index contributed by atoms with van der Waals surface area (Å²) in [5.41, 5.74) is 2.93. The van der Waals surface area contributed by atoms with Gasteiger partial charge < -0.3 is 4.90 Å². The lowest BCUT2D eigenvalue weighted by atomic mass is 10.0. The van der Waals surface area contributed by atoms with E-state index in [1.807, 2.05) is 30.1 Å². The Morgan fingerprint density at radius 2 is 2.33 bits per heavy atom. The van der Waals surface area contributed by atoms with Gasteiger partial charge >= 0.3 is 0 Å². The van der Waals surface area contributed by atoms with Crippen molar-refractivity contribution >= 4 is 17.3 Å². The Labute approximate surface area is 129 Å². The summed E-state index contributed by atoms with van der Waals surface area (Å²) < 4.78 is 1.84. The number of aromatic nitrogens is 2. The van der Waals surface area contributed by atoms with Gasteiger partial charge in [-0.15, -0.1) is 0 Å². The molecule has 1 aromatic carbocycles. The normalized spacial score (nSPS) is 18.0. The number of hydrogen-bond donors (Lipinski definition) is 0. The average Bonchev–Trinajstić information content (AvgIpc) is 3.08. The third-order valence-electron chi connectivity index (χ3n) is 3.99. The number of benzene rings is 1. The smallest absolute Gasteiger partial charge is 0.101 e. The fraction of sp³-hybridized carbons (Fsp3) is 0.375. The van der Waals surface area contributed by atoms with Crippen LogP contribution in [0.4, 0.5) is 5.69 Å². The van der Waals surface area contributed by atoms with Crippen LogP contribution in [0.15, 0.2) is 30.6 Å². The molecule has 1 atom stereocenters. The maximum atomic E-state index is 9.26. The van der Waals surface area contributed by atoms with Gasteiger partial charge in [0.15, 0.2) is 0 Å². The third-order valence-corrected chi connectivity index (χ3v) is 4.22.